The van der Waals surface area contributed by atoms with E-state index in [0.717, 1.165) is 38.5 Å². The highest BCUT2D eigenvalue weighted by atomic mass is 16.3. The summed E-state index contributed by atoms with van der Waals surface area (Å²) in [5.41, 5.74) is 0. The van der Waals surface area contributed by atoms with E-state index in [1.54, 1.807) is 6.08 Å². The minimum Gasteiger partial charge on any atom is -0.394 e. The summed E-state index contributed by atoms with van der Waals surface area (Å²) < 4.78 is 0. The molecule has 4 nitrogen and oxygen atoms in total. The molecule has 0 heterocycles. The second kappa shape index (κ2) is 49.7. The number of unbranched alkanes of at least 4 members (excludes halogenated alkanes) is 34. The van der Waals surface area contributed by atoms with Crippen molar-refractivity contribution in [3.8, 4) is 0 Å². The molecule has 0 aliphatic rings. The van der Waals surface area contributed by atoms with E-state index in [4.69, 9.17) is 0 Å². The average molecular weight is 812 g/mol. The molecule has 0 fully saturated rings. The van der Waals surface area contributed by atoms with E-state index in [0.29, 0.717) is 6.42 Å². The SMILES string of the molecule is CCCCCCC/C=C\C/C=C\C/C=C\CCCCCCCCCCCCC(=O)NC(CO)C(O)/C=C/CCCCCCCCCCCCCCCCCCCCC. The highest BCUT2D eigenvalue weighted by Gasteiger charge is 2.18. The largest absolute Gasteiger partial charge is 0.394 e. The molecule has 2 atom stereocenters. The third-order valence-corrected chi connectivity index (χ3v) is 11.8. The lowest BCUT2D eigenvalue weighted by Gasteiger charge is -2.20. The second-order valence-electron chi connectivity index (χ2n) is 17.6. The second-order valence-corrected chi connectivity index (χ2v) is 17.6. The van der Waals surface area contributed by atoms with Gasteiger partial charge in [0.15, 0.2) is 0 Å². The molecule has 340 valence electrons. The van der Waals surface area contributed by atoms with Crippen LogP contribution in [0.15, 0.2) is 48.6 Å². The van der Waals surface area contributed by atoms with Gasteiger partial charge in [0.25, 0.3) is 0 Å². The Kier molecular flexibility index (Phi) is 48.3. The van der Waals surface area contributed by atoms with Gasteiger partial charge in [0.2, 0.25) is 5.91 Å². The van der Waals surface area contributed by atoms with Gasteiger partial charge in [-0.05, 0) is 57.8 Å². The highest BCUT2D eigenvalue weighted by Crippen LogP contribution is 2.16. The minimum atomic E-state index is -0.842. The molecule has 0 radical (unpaired) electrons. The molecule has 0 aliphatic carbocycles. The van der Waals surface area contributed by atoms with Gasteiger partial charge in [0.05, 0.1) is 18.8 Å². The molecule has 0 aliphatic heterocycles. The fourth-order valence-corrected chi connectivity index (χ4v) is 7.83. The van der Waals surface area contributed by atoms with Crippen LogP contribution in [-0.2, 0) is 4.79 Å². The normalized spacial score (nSPS) is 13.2. The van der Waals surface area contributed by atoms with Crippen molar-refractivity contribution in [3.05, 3.63) is 48.6 Å². The topological polar surface area (TPSA) is 69.6 Å². The van der Waals surface area contributed by atoms with Gasteiger partial charge in [-0.2, -0.15) is 0 Å². The number of hydrogen-bond acceptors (Lipinski definition) is 3. The third kappa shape index (κ3) is 45.4. The number of allylic oxidation sites excluding steroid dienone is 7. The molecular weight excluding hydrogens is 711 g/mol. The van der Waals surface area contributed by atoms with Gasteiger partial charge in [0, 0.05) is 6.42 Å². The van der Waals surface area contributed by atoms with Gasteiger partial charge in [-0.15, -0.1) is 0 Å². The van der Waals surface area contributed by atoms with Gasteiger partial charge < -0.3 is 15.5 Å². The number of hydrogen-bond donors (Lipinski definition) is 3. The summed E-state index contributed by atoms with van der Waals surface area (Å²) in [5, 5.41) is 23.1. The molecule has 0 spiro atoms. The Morgan fingerprint density at radius 2 is 0.707 bits per heavy atom. The lowest BCUT2D eigenvalue weighted by atomic mass is 10.0. The molecule has 58 heavy (non-hydrogen) atoms. The average Bonchev–Trinajstić information content (AvgIpc) is 3.23. The fraction of sp³-hybridized carbons (Fsp3) is 0.833. The summed E-state index contributed by atoms with van der Waals surface area (Å²) in [6, 6.07) is -0.626. The van der Waals surface area contributed by atoms with E-state index in [1.807, 2.05) is 6.08 Å². The summed E-state index contributed by atoms with van der Waals surface area (Å²) in [4.78, 5) is 12.4. The van der Waals surface area contributed by atoms with Gasteiger partial charge in [-0.25, -0.2) is 0 Å². The number of carbonyl (C=O) groups is 1. The molecular formula is C54H101NO3. The zero-order chi connectivity index (χ0) is 42.1. The first-order chi connectivity index (χ1) is 28.7. The monoisotopic (exact) mass is 812 g/mol. The minimum absolute atomic E-state index is 0.0666. The molecule has 0 aromatic heterocycles. The number of aliphatic hydroxyl groups is 2. The number of rotatable bonds is 47. The summed E-state index contributed by atoms with van der Waals surface area (Å²) in [5.74, 6) is -0.0666. The van der Waals surface area contributed by atoms with E-state index in [2.05, 4.69) is 55.6 Å². The standard InChI is InChI=1S/C54H101NO3/c1-3-5-7-9-11-13-15-17-19-21-23-25-26-27-28-30-32-34-36-38-40-42-44-46-48-50-54(58)55-52(51-56)53(57)49-47-45-43-41-39-37-35-33-31-29-24-22-20-18-16-14-12-10-8-6-4-2/h15,17,21,23,26-27,47,49,52-53,56-57H,3-14,16,18-20,22,24-25,28-46,48,50-51H2,1-2H3,(H,55,58)/b17-15-,23-21-,27-26-,49-47+. The van der Waals surface area contributed by atoms with Crippen LogP contribution in [0.3, 0.4) is 0 Å². The Bertz CT molecular complexity index is 923. The van der Waals surface area contributed by atoms with Crippen LogP contribution in [0, 0.1) is 0 Å². The zero-order valence-electron chi connectivity index (χ0n) is 39.1. The molecule has 4 heteroatoms. The molecule has 0 aromatic rings. The number of carbonyl (C=O) groups excluding carboxylic acids is 1. The highest BCUT2D eigenvalue weighted by molar-refractivity contribution is 5.76. The predicted molar refractivity (Wildman–Crippen MR) is 258 cm³/mol. The van der Waals surface area contributed by atoms with Crippen LogP contribution < -0.4 is 5.32 Å². The van der Waals surface area contributed by atoms with Gasteiger partial charge in [0.1, 0.15) is 0 Å². The first-order valence-electron chi connectivity index (χ1n) is 25.9. The van der Waals surface area contributed by atoms with E-state index in [1.165, 1.54) is 212 Å². The molecule has 0 saturated carbocycles. The van der Waals surface area contributed by atoms with Crippen LogP contribution in [0.25, 0.3) is 0 Å². The molecule has 1 amide bonds. The zero-order valence-corrected chi connectivity index (χ0v) is 39.1. The first-order valence-corrected chi connectivity index (χ1v) is 25.9. The van der Waals surface area contributed by atoms with Crippen molar-refractivity contribution < 1.29 is 15.0 Å². The van der Waals surface area contributed by atoms with Crippen molar-refractivity contribution in [1.29, 1.82) is 0 Å². The Morgan fingerprint density at radius 1 is 0.414 bits per heavy atom. The van der Waals surface area contributed by atoms with Crippen LogP contribution in [-0.4, -0.2) is 34.9 Å². The van der Waals surface area contributed by atoms with Crippen LogP contribution in [0.1, 0.15) is 271 Å². The maximum atomic E-state index is 12.4. The lowest BCUT2D eigenvalue weighted by Crippen LogP contribution is -2.45. The first kappa shape index (κ1) is 56.4. The summed E-state index contributed by atoms with van der Waals surface area (Å²) in [6.07, 6.45) is 68.1. The van der Waals surface area contributed by atoms with Crippen molar-refractivity contribution in [3.63, 3.8) is 0 Å². The maximum absolute atomic E-state index is 12.4. The van der Waals surface area contributed by atoms with Gasteiger partial charge in [-0.3, -0.25) is 4.79 Å². The predicted octanol–water partition coefficient (Wildman–Crippen LogP) is 16.7. The van der Waals surface area contributed by atoms with Crippen molar-refractivity contribution in [2.75, 3.05) is 6.61 Å². The van der Waals surface area contributed by atoms with Crippen LogP contribution in [0.4, 0.5) is 0 Å². The number of aliphatic hydroxyl groups excluding tert-OH is 2. The molecule has 0 bridgehead atoms. The number of amides is 1. The molecule has 0 rings (SSSR count). The van der Waals surface area contributed by atoms with Crippen molar-refractivity contribution in [2.45, 2.75) is 283 Å². The van der Waals surface area contributed by atoms with Crippen molar-refractivity contribution in [1.82, 2.24) is 5.32 Å². The van der Waals surface area contributed by atoms with Crippen LogP contribution in [0.2, 0.25) is 0 Å². The fourth-order valence-electron chi connectivity index (χ4n) is 7.83. The van der Waals surface area contributed by atoms with E-state index in [9.17, 15) is 15.0 Å². The number of nitrogens with one attached hydrogen (secondary N) is 1. The summed E-state index contributed by atoms with van der Waals surface area (Å²) in [7, 11) is 0. The van der Waals surface area contributed by atoms with E-state index in [-0.39, 0.29) is 12.5 Å². The van der Waals surface area contributed by atoms with Crippen molar-refractivity contribution >= 4 is 5.91 Å². The third-order valence-electron chi connectivity index (χ3n) is 11.8. The Balaban J connectivity index is 3.54. The molecule has 0 saturated heterocycles. The van der Waals surface area contributed by atoms with Crippen LogP contribution in [0.5, 0.6) is 0 Å². The molecule has 2 unspecified atom stereocenters. The quantitative estimate of drug-likeness (QED) is 0.0423. The molecule has 3 N–H and O–H groups in total. The molecule has 0 aromatic carbocycles. The Hall–Kier alpha value is -1.65. The summed E-state index contributed by atoms with van der Waals surface area (Å²) >= 11 is 0. The van der Waals surface area contributed by atoms with Gasteiger partial charge in [-0.1, -0.05) is 255 Å². The smallest absolute Gasteiger partial charge is 0.220 e. The summed E-state index contributed by atoms with van der Waals surface area (Å²) in [6.45, 7) is 4.31. The van der Waals surface area contributed by atoms with Crippen LogP contribution >= 0.6 is 0 Å². The van der Waals surface area contributed by atoms with E-state index < -0.39 is 12.1 Å². The maximum Gasteiger partial charge on any atom is 0.220 e. The van der Waals surface area contributed by atoms with Gasteiger partial charge >= 0.3 is 0 Å². The Labute approximate surface area is 363 Å². The van der Waals surface area contributed by atoms with Crippen molar-refractivity contribution in [2.24, 2.45) is 0 Å². The Morgan fingerprint density at radius 3 is 1.05 bits per heavy atom. The van der Waals surface area contributed by atoms with E-state index >= 15 is 0 Å². The lowest BCUT2D eigenvalue weighted by molar-refractivity contribution is -0.123.